The molecule has 0 aliphatic rings. The van der Waals surface area contributed by atoms with E-state index in [9.17, 15) is 4.79 Å². The molecule has 118 valence electrons. The second-order valence-electron chi connectivity index (χ2n) is 6.76. The van der Waals surface area contributed by atoms with E-state index in [1.165, 1.54) is 0 Å². The highest BCUT2D eigenvalue weighted by Crippen LogP contribution is 2.18. The van der Waals surface area contributed by atoms with E-state index in [1.807, 2.05) is 18.2 Å². The monoisotopic (exact) mass is 292 g/mol. The van der Waals surface area contributed by atoms with E-state index >= 15 is 0 Å². The number of benzene rings is 1. The number of nitrogens with two attached hydrogens (primary N) is 1. The summed E-state index contributed by atoms with van der Waals surface area (Å²) in [7, 11) is 1.81. The molecule has 21 heavy (non-hydrogen) atoms. The first-order chi connectivity index (χ1) is 9.75. The summed E-state index contributed by atoms with van der Waals surface area (Å²) in [5.74, 6) is 1.19. The number of carbonyl (C=O) groups is 1. The van der Waals surface area contributed by atoms with Gasteiger partial charge in [-0.1, -0.05) is 33.8 Å². The van der Waals surface area contributed by atoms with Crippen LogP contribution in [0, 0.1) is 11.3 Å². The Morgan fingerprint density at radius 3 is 2.62 bits per heavy atom. The van der Waals surface area contributed by atoms with Crippen molar-refractivity contribution in [1.29, 1.82) is 0 Å². The fourth-order valence-corrected chi connectivity index (χ4v) is 1.98. The molecule has 1 aromatic rings. The molecule has 0 atom stereocenters. The van der Waals surface area contributed by atoms with Crippen LogP contribution in [-0.4, -0.2) is 37.6 Å². The highest BCUT2D eigenvalue weighted by molar-refractivity contribution is 5.94. The summed E-state index contributed by atoms with van der Waals surface area (Å²) in [5, 5.41) is 0. The Kier molecular flexibility index (Phi) is 6.21. The molecule has 0 aliphatic carbocycles. The van der Waals surface area contributed by atoms with Gasteiger partial charge in [-0.15, -0.1) is 0 Å². The van der Waals surface area contributed by atoms with Crippen molar-refractivity contribution in [2.24, 2.45) is 17.1 Å². The van der Waals surface area contributed by atoms with Gasteiger partial charge in [0.05, 0.1) is 6.61 Å². The minimum Gasteiger partial charge on any atom is -0.493 e. The summed E-state index contributed by atoms with van der Waals surface area (Å²) in [6.07, 6.45) is 0. The molecule has 0 bridgehead atoms. The van der Waals surface area contributed by atoms with E-state index in [0.717, 1.165) is 5.75 Å². The first kappa shape index (κ1) is 17.5. The average molecular weight is 292 g/mol. The van der Waals surface area contributed by atoms with Gasteiger partial charge in [-0.2, -0.15) is 0 Å². The molecule has 0 heterocycles. The Hall–Kier alpha value is -1.55. The Labute approximate surface area is 128 Å². The standard InChI is InChI=1S/C17H28N2O2/c1-13(2)10-21-15-8-6-7-14(9-15)16(20)19(5)12-17(3,4)11-18/h6-9,13H,10-12,18H2,1-5H3. The normalized spacial score (nSPS) is 11.6. The van der Waals surface area contributed by atoms with E-state index in [4.69, 9.17) is 10.5 Å². The van der Waals surface area contributed by atoms with Gasteiger partial charge < -0.3 is 15.4 Å². The third-order valence-electron chi connectivity index (χ3n) is 3.23. The van der Waals surface area contributed by atoms with Crippen molar-refractivity contribution in [2.75, 3.05) is 26.7 Å². The molecule has 0 radical (unpaired) electrons. The van der Waals surface area contributed by atoms with E-state index in [1.54, 1.807) is 18.0 Å². The molecule has 0 unspecified atom stereocenters. The number of nitrogens with zero attached hydrogens (tertiary/aromatic N) is 1. The van der Waals surface area contributed by atoms with Crippen LogP contribution in [-0.2, 0) is 0 Å². The molecule has 0 aromatic heterocycles. The molecule has 2 N–H and O–H groups in total. The summed E-state index contributed by atoms with van der Waals surface area (Å²) in [4.78, 5) is 14.2. The fourth-order valence-electron chi connectivity index (χ4n) is 1.98. The molecule has 1 aromatic carbocycles. The second-order valence-corrected chi connectivity index (χ2v) is 6.76. The van der Waals surface area contributed by atoms with Gasteiger partial charge in [-0.05, 0) is 36.1 Å². The number of carbonyl (C=O) groups excluding carboxylic acids is 1. The van der Waals surface area contributed by atoms with E-state index < -0.39 is 0 Å². The molecular weight excluding hydrogens is 264 g/mol. The molecule has 0 fully saturated rings. The van der Waals surface area contributed by atoms with Gasteiger partial charge in [-0.3, -0.25) is 4.79 Å². The lowest BCUT2D eigenvalue weighted by Crippen LogP contribution is -2.39. The fraction of sp³-hybridized carbons (Fsp3) is 0.588. The second kappa shape index (κ2) is 7.46. The molecule has 0 spiro atoms. The van der Waals surface area contributed by atoms with Gasteiger partial charge in [0.2, 0.25) is 0 Å². The van der Waals surface area contributed by atoms with Crippen molar-refractivity contribution >= 4 is 5.91 Å². The zero-order chi connectivity index (χ0) is 16.0. The molecule has 0 saturated carbocycles. The zero-order valence-corrected chi connectivity index (χ0v) is 13.8. The molecule has 1 rings (SSSR count). The van der Waals surface area contributed by atoms with Crippen LogP contribution in [0.15, 0.2) is 24.3 Å². The predicted molar refractivity (Wildman–Crippen MR) is 86.6 cm³/mol. The maximum absolute atomic E-state index is 12.5. The van der Waals surface area contributed by atoms with Gasteiger partial charge in [0.15, 0.2) is 0 Å². The lowest BCUT2D eigenvalue weighted by Gasteiger charge is -2.29. The van der Waals surface area contributed by atoms with Crippen LogP contribution in [0.4, 0.5) is 0 Å². The van der Waals surface area contributed by atoms with Gasteiger partial charge in [0, 0.05) is 19.2 Å². The predicted octanol–water partition coefficient (Wildman–Crippen LogP) is 2.78. The van der Waals surface area contributed by atoms with E-state index in [2.05, 4.69) is 27.7 Å². The highest BCUT2D eigenvalue weighted by Gasteiger charge is 2.22. The number of ether oxygens (including phenoxy) is 1. The number of amides is 1. The van der Waals surface area contributed by atoms with Crippen LogP contribution in [0.5, 0.6) is 5.75 Å². The van der Waals surface area contributed by atoms with Crippen molar-refractivity contribution in [3.8, 4) is 5.75 Å². The largest absolute Gasteiger partial charge is 0.493 e. The molecule has 4 heteroatoms. The van der Waals surface area contributed by atoms with Crippen molar-refractivity contribution in [3.63, 3.8) is 0 Å². The van der Waals surface area contributed by atoms with E-state index in [0.29, 0.717) is 31.2 Å². The van der Waals surface area contributed by atoms with Crippen molar-refractivity contribution in [3.05, 3.63) is 29.8 Å². The van der Waals surface area contributed by atoms with Crippen LogP contribution in [0.25, 0.3) is 0 Å². The van der Waals surface area contributed by atoms with Crippen LogP contribution in [0.1, 0.15) is 38.1 Å². The molecule has 4 nitrogen and oxygen atoms in total. The lowest BCUT2D eigenvalue weighted by atomic mass is 9.93. The van der Waals surface area contributed by atoms with Crippen LogP contribution >= 0.6 is 0 Å². The third-order valence-corrected chi connectivity index (χ3v) is 3.23. The van der Waals surface area contributed by atoms with Gasteiger partial charge in [0.25, 0.3) is 5.91 Å². The van der Waals surface area contributed by atoms with Crippen molar-refractivity contribution < 1.29 is 9.53 Å². The summed E-state index contributed by atoms with van der Waals surface area (Å²) in [5.41, 5.74) is 6.29. The van der Waals surface area contributed by atoms with Crippen molar-refractivity contribution in [1.82, 2.24) is 4.90 Å². The maximum atomic E-state index is 12.5. The topological polar surface area (TPSA) is 55.6 Å². The zero-order valence-electron chi connectivity index (χ0n) is 13.8. The Bertz CT molecular complexity index is 470. The Morgan fingerprint density at radius 1 is 1.38 bits per heavy atom. The first-order valence-electron chi connectivity index (χ1n) is 7.43. The Balaban J connectivity index is 2.75. The summed E-state index contributed by atoms with van der Waals surface area (Å²) >= 11 is 0. The van der Waals surface area contributed by atoms with Gasteiger partial charge in [-0.25, -0.2) is 0 Å². The first-order valence-corrected chi connectivity index (χ1v) is 7.43. The minimum atomic E-state index is -0.0871. The highest BCUT2D eigenvalue weighted by atomic mass is 16.5. The quantitative estimate of drug-likeness (QED) is 0.840. The molecule has 0 aliphatic heterocycles. The van der Waals surface area contributed by atoms with Crippen LogP contribution in [0.2, 0.25) is 0 Å². The molecule has 1 amide bonds. The summed E-state index contributed by atoms with van der Waals surface area (Å²) in [6.45, 7) is 10.1. The minimum absolute atomic E-state index is 0.00785. The number of hydrogen-bond acceptors (Lipinski definition) is 3. The molecule has 0 saturated heterocycles. The van der Waals surface area contributed by atoms with Crippen molar-refractivity contribution in [2.45, 2.75) is 27.7 Å². The number of hydrogen-bond donors (Lipinski definition) is 1. The maximum Gasteiger partial charge on any atom is 0.253 e. The van der Waals surface area contributed by atoms with Crippen LogP contribution in [0.3, 0.4) is 0 Å². The van der Waals surface area contributed by atoms with E-state index in [-0.39, 0.29) is 11.3 Å². The van der Waals surface area contributed by atoms with Gasteiger partial charge in [0.1, 0.15) is 5.75 Å². The lowest BCUT2D eigenvalue weighted by molar-refractivity contribution is 0.0740. The number of rotatable bonds is 7. The van der Waals surface area contributed by atoms with Gasteiger partial charge >= 0.3 is 0 Å². The summed E-state index contributed by atoms with van der Waals surface area (Å²) in [6, 6.07) is 7.35. The molecular formula is C17H28N2O2. The van der Waals surface area contributed by atoms with Crippen LogP contribution < -0.4 is 10.5 Å². The smallest absolute Gasteiger partial charge is 0.253 e. The summed E-state index contributed by atoms with van der Waals surface area (Å²) < 4.78 is 5.67. The SMILES string of the molecule is CC(C)COc1cccc(C(=O)N(C)CC(C)(C)CN)c1. The average Bonchev–Trinajstić information content (AvgIpc) is 2.44. The third kappa shape index (κ3) is 5.76. The Morgan fingerprint density at radius 2 is 2.05 bits per heavy atom.